The van der Waals surface area contributed by atoms with E-state index >= 15 is 0 Å². The van der Waals surface area contributed by atoms with Crippen LogP contribution < -0.4 is 10.9 Å². The highest BCUT2D eigenvalue weighted by atomic mass is 79.9. The minimum absolute atomic E-state index is 0.0707. The summed E-state index contributed by atoms with van der Waals surface area (Å²) in [5, 5.41) is 3.55. The van der Waals surface area contributed by atoms with Gasteiger partial charge in [-0.3, -0.25) is 9.59 Å². The molecular formula is C18H16BrN3O2S. The zero-order chi connectivity index (χ0) is 17.6. The topological polar surface area (TPSA) is 74.8 Å². The number of H-pyrrole nitrogens is 1. The zero-order valence-corrected chi connectivity index (χ0v) is 16.0. The summed E-state index contributed by atoms with van der Waals surface area (Å²) in [5.41, 5.74) is 1.88. The lowest BCUT2D eigenvalue weighted by molar-refractivity contribution is 0.0929. The molecule has 0 spiro atoms. The number of fused-ring (bicyclic) bond motifs is 3. The predicted octanol–water partition coefficient (Wildman–Crippen LogP) is 3.73. The second kappa shape index (κ2) is 6.38. The van der Waals surface area contributed by atoms with Crippen LogP contribution in [0.15, 0.2) is 33.5 Å². The Morgan fingerprint density at radius 1 is 1.32 bits per heavy atom. The first kappa shape index (κ1) is 16.5. The lowest BCUT2D eigenvalue weighted by Gasteiger charge is -2.14. The van der Waals surface area contributed by atoms with Crippen LogP contribution in [0.1, 0.15) is 46.0 Å². The number of halogens is 1. The molecule has 0 fully saturated rings. The fraction of sp³-hybridized carbons (Fsp3) is 0.278. The third kappa shape index (κ3) is 3.02. The van der Waals surface area contributed by atoms with Crippen LogP contribution in [-0.4, -0.2) is 15.9 Å². The van der Waals surface area contributed by atoms with E-state index in [0.29, 0.717) is 10.2 Å². The fourth-order valence-electron chi connectivity index (χ4n) is 3.21. The van der Waals surface area contributed by atoms with Crippen LogP contribution in [0.25, 0.3) is 10.2 Å². The third-order valence-corrected chi connectivity index (χ3v) is 6.22. The Bertz CT molecular complexity index is 1020. The Morgan fingerprint density at radius 2 is 2.08 bits per heavy atom. The molecule has 1 aliphatic rings. The average molecular weight is 418 g/mol. The smallest absolute Gasteiger partial charge is 0.287 e. The van der Waals surface area contributed by atoms with E-state index in [1.807, 2.05) is 31.2 Å². The number of amides is 1. The largest absolute Gasteiger partial charge is 0.343 e. The summed E-state index contributed by atoms with van der Waals surface area (Å²) in [6.45, 7) is 1.90. The first-order valence-corrected chi connectivity index (χ1v) is 9.75. The van der Waals surface area contributed by atoms with E-state index in [-0.39, 0.29) is 23.3 Å². The monoisotopic (exact) mass is 417 g/mol. The quantitative estimate of drug-likeness (QED) is 0.681. The van der Waals surface area contributed by atoms with Crippen LogP contribution in [0.3, 0.4) is 0 Å². The van der Waals surface area contributed by atoms with Gasteiger partial charge in [0.25, 0.3) is 11.5 Å². The van der Waals surface area contributed by atoms with Crippen molar-refractivity contribution in [2.45, 2.75) is 32.2 Å². The third-order valence-electron chi connectivity index (χ3n) is 4.51. The molecular weight excluding hydrogens is 402 g/mol. The molecule has 0 radical (unpaired) electrons. The molecule has 0 aliphatic heterocycles. The van der Waals surface area contributed by atoms with Gasteiger partial charge in [0.05, 0.1) is 11.4 Å². The van der Waals surface area contributed by atoms with E-state index in [0.717, 1.165) is 34.9 Å². The van der Waals surface area contributed by atoms with Crippen molar-refractivity contribution in [3.63, 3.8) is 0 Å². The van der Waals surface area contributed by atoms with Crippen LogP contribution in [0.5, 0.6) is 0 Å². The van der Waals surface area contributed by atoms with Crippen LogP contribution in [0.2, 0.25) is 0 Å². The fourth-order valence-corrected chi connectivity index (χ4v) is 4.74. The average Bonchev–Trinajstić information content (AvgIpc) is 3.15. The first-order chi connectivity index (χ1) is 12.0. The first-order valence-electron chi connectivity index (χ1n) is 8.14. The predicted molar refractivity (Wildman–Crippen MR) is 102 cm³/mol. The Balaban J connectivity index is 1.62. The number of nitrogens with one attached hydrogen (secondary N) is 2. The summed E-state index contributed by atoms with van der Waals surface area (Å²) >= 11 is 4.93. The second-order valence-corrected chi connectivity index (χ2v) is 8.20. The molecule has 0 saturated carbocycles. The minimum Gasteiger partial charge on any atom is -0.343 e. The number of benzene rings is 1. The summed E-state index contributed by atoms with van der Waals surface area (Å²) in [6.07, 6.45) is 3.01. The molecule has 2 heterocycles. The Labute approximate surface area is 156 Å². The molecule has 1 aliphatic carbocycles. The summed E-state index contributed by atoms with van der Waals surface area (Å²) in [4.78, 5) is 33.9. The maximum absolute atomic E-state index is 12.5. The number of hydrogen-bond donors (Lipinski definition) is 2. The SMILES string of the molecule is C[C@H](NC(=O)c1nc2sc3c(c2c(=O)[nH]1)CCC3)c1ccc(Br)cc1. The van der Waals surface area contributed by atoms with Crippen molar-refractivity contribution in [3.8, 4) is 0 Å². The standard InChI is InChI=1S/C18H16BrN3O2S/c1-9(10-5-7-11(19)8-6-10)20-17(24)15-21-16(23)14-12-3-2-4-13(12)25-18(14)22-15/h5-9H,2-4H2,1H3,(H,20,24)(H,21,22,23)/t9-/m0/s1. The van der Waals surface area contributed by atoms with E-state index in [9.17, 15) is 9.59 Å². The van der Waals surface area contributed by atoms with Gasteiger partial charge in [0, 0.05) is 9.35 Å². The summed E-state index contributed by atoms with van der Waals surface area (Å²) in [5.74, 6) is -0.302. The molecule has 1 atom stereocenters. The Morgan fingerprint density at radius 3 is 2.84 bits per heavy atom. The number of hydrogen-bond acceptors (Lipinski definition) is 4. The lowest BCUT2D eigenvalue weighted by atomic mass is 10.1. The second-order valence-electron chi connectivity index (χ2n) is 6.20. The number of aromatic amines is 1. The molecule has 4 rings (SSSR count). The van der Waals surface area contributed by atoms with Crippen molar-refractivity contribution in [1.82, 2.24) is 15.3 Å². The van der Waals surface area contributed by atoms with E-state index < -0.39 is 0 Å². The number of thiophene rings is 1. The maximum atomic E-state index is 12.5. The lowest BCUT2D eigenvalue weighted by Crippen LogP contribution is -2.30. The molecule has 25 heavy (non-hydrogen) atoms. The normalized spacial score (nSPS) is 14.5. The highest BCUT2D eigenvalue weighted by molar-refractivity contribution is 9.10. The van der Waals surface area contributed by atoms with Crippen molar-refractivity contribution in [2.24, 2.45) is 0 Å². The molecule has 5 nitrogen and oxygen atoms in total. The number of carbonyl (C=O) groups is 1. The van der Waals surface area contributed by atoms with Gasteiger partial charge in [-0.05, 0) is 49.4 Å². The molecule has 128 valence electrons. The van der Waals surface area contributed by atoms with Gasteiger partial charge in [0.2, 0.25) is 5.82 Å². The Kier molecular flexibility index (Phi) is 4.21. The molecule has 1 aromatic carbocycles. The van der Waals surface area contributed by atoms with Gasteiger partial charge >= 0.3 is 0 Å². The van der Waals surface area contributed by atoms with Gasteiger partial charge in [-0.15, -0.1) is 11.3 Å². The van der Waals surface area contributed by atoms with Crippen LogP contribution in [0.4, 0.5) is 0 Å². The van der Waals surface area contributed by atoms with Crippen molar-refractivity contribution in [3.05, 3.63) is 60.9 Å². The van der Waals surface area contributed by atoms with Gasteiger partial charge in [-0.1, -0.05) is 28.1 Å². The summed E-state index contributed by atoms with van der Waals surface area (Å²) in [7, 11) is 0. The van der Waals surface area contributed by atoms with Gasteiger partial charge in [0.15, 0.2) is 0 Å². The molecule has 1 amide bonds. The van der Waals surface area contributed by atoms with E-state index in [2.05, 4.69) is 31.2 Å². The van der Waals surface area contributed by atoms with Crippen molar-refractivity contribution in [1.29, 1.82) is 0 Å². The van der Waals surface area contributed by atoms with E-state index in [1.165, 1.54) is 16.2 Å². The molecule has 3 aromatic rings. The van der Waals surface area contributed by atoms with E-state index in [1.54, 1.807) is 0 Å². The van der Waals surface area contributed by atoms with Crippen molar-refractivity contribution >= 4 is 43.4 Å². The molecule has 2 N–H and O–H groups in total. The van der Waals surface area contributed by atoms with Gasteiger partial charge in [-0.25, -0.2) is 4.98 Å². The number of aromatic nitrogens is 2. The van der Waals surface area contributed by atoms with Crippen molar-refractivity contribution < 1.29 is 4.79 Å². The number of carbonyl (C=O) groups excluding carboxylic acids is 1. The van der Waals surface area contributed by atoms with Gasteiger partial charge < -0.3 is 10.3 Å². The molecule has 0 unspecified atom stereocenters. The minimum atomic E-state index is -0.372. The number of aryl methyl sites for hydroxylation is 2. The highest BCUT2D eigenvalue weighted by Crippen LogP contribution is 2.34. The summed E-state index contributed by atoms with van der Waals surface area (Å²) < 4.78 is 0.983. The highest BCUT2D eigenvalue weighted by Gasteiger charge is 2.22. The van der Waals surface area contributed by atoms with Crippen LogP contribution in [-0.2, 0) is 12.8 Å². The molecule has 7 heteroatoms. The molecule has 0 saturated heterocycles. The molecule has 2 aromatic heterocycles. The zero-order valence-electron chi connectivity index (χ0n) is 13.6. The number of rotatable bonds is 3. The maximum Gasteiger partial charge on any atom is 0.287 e. The van der Waals surface area contributed by atoms with E-state index in [4.69, 9.17) is 0 Å². The number of nitrogens with zero attached hydrogens (tertiary/aromatic N) is 1. The van der Waals surface area contributed by atoms with Crippen molar-refractivity contribution in [2.75, 3.05) is 0 Å². The van der Waals surface area contributed by atoms with Gasteiger partial charge in [-0.2, -0.15) is 0 Å². The van der Waals surface area contributed by atoms with Crippen LogP contribution in [0, 0.1) is 0 Å². The summed E-state index contributed by atoms with van der Waals surface area (Å²) in [6, 6.07) is 7.56. The Hall–Kier alpha value is -1.99. The molecule has 0 bridgehead atoms. The van der Waals surface area contributed by atoms with Gasteiger partial charge in [0.1, 0.15) is 4.83 Å². The van der Waals surface area contributed by atoms with Crippen LogP contribution >= 0.6 is 27.3 Å².